The van der Waals surface area contributed by atoms with Crippen molar-refractivity contribution in [2.75, 3.05) is 14.1 Å². The lowest BCUT2D eigenvalue weighted by atomic mass is 9.55. The second kappa shape index (κ2) is 7.05. The molecule has 3 aliphatic carbocycles. The molecule has 1 aromatic heterocycles. The van der Waals surface area contributed by atoms with Gasteiger partial charge in [-0.2, -0.15) is 0 Å². The van der Waals surface area contributed by atoms with Crippen LogP contribution in [-0.2, 0) is 4.74 Å². The minimum atomic E-state index is -2.47. The van der Waals surface area contributed by atoms with Gasteiger partial charge in [-0.15, -0.1) is 0 Å². The fraction of sp³-hybridized carbons (Fsp3) is 0.607. The number of allylic oxidation sites excluding steroid dienone is 3. The molecule has 2 aliphatic heterocycles. The van der Waals surface area contributed by atoms with E-state index < -0.39 is 41.2 Å². The molecule has 7 rings (SSSR count). The van der Waals surface area contributed by atoms with Gasteiger partial charge in [0.05, 0.1) is 11.7 Å². The molecule has 1 aromatic carbocycles. The van der Waals surface area contributed by atoms with Gasteiger partial charge in [-0.1, -0.05) is 25.1 Å². The van der Waals surface area contributed by atoms with Crippen LogP contribution in [0.4, 0.5) is 4.39 Å². The fourth-order valence-corrected chi connectivity index (χ4v) is 8.55. The Morgan fingerprint density at radius 3 is 2.72 bits per heavy atom. The summed E-state index contributed by atoms with van der Waals surface area (Å²) in [6, 6.07) is 5.59. The lowest BCUT2D eigenvalue weighted by molar-refractivity contribution is -0.308. The van der Waals surface area contributed by atoms with Crippen LogP contribution in [0.3, 0.4) is 0 Å². The van der Waals surface area contributed by atoms with Crippen molar-refractivity contribution in [3.05, 3.63) is 47.9 Å². The summed E-state index contributed by atoms with van der Waals surface area (Å²) >= 11 is 0. The van der Waals surface area contributed by atoms with E-state index in [0.29, 0.717) is 24.8 Å². The summed E-state index contributed by atoms with van der Waals surface area (Å²) in [7, 11) is 3.63. The molecule has 3 N–H and O–H groups in total. The average molecular weight is 497 g/mol. The quantitative estimate of drug-likeness (QED) is 0.550. The van der Waals surface area contributed by atoms with E-state index in [4.69, 9.17) is 9.15 Å². The van der Waals surface area contributed by atoms with Crippen molar-refractivity contribution in [3.8, 4) is 0 Å². The molecule has 36 heavy (non-hydrogen) atoms. The van der Waals surface area contributed by atoms with Crippen molar-refractivity contribution < 1.29 is 28.9 Å². The van der Waals surface area contributed by atoms with Crippen molar-refractivity contribution in [1.82, 2.24) is 9.88 Å². The standard InChI is InChI=1S/C28H33FN2O5/c1-25-9-8-17-23(33)28(29)24(34)22(32)19(31(2)3)13-26(28)10-11-27(17,36-26)21(25)7-5-16(25)15-4-6-18-20(12-15)35-14-30-18/h4-6,8,12,14,19,21-24,32-34H,7,9-11,13H2,1-3H3/t19-,21?,22+,23?,24-,25+,26+,27+,28?/m0/s1. The number of hydrogen-bond donors (Lipinski definition) is 3. The molecule has 7 nitrogen and oxygen atoms in total. The Kier molecular flexibility index (Phi) is 4.52. The Hall–Kier alpha value is -2.10. The number of ether oxygens (including phenoxy) is 1. The van der Waals surface area contributed by atoms with Gasteiger partial charge in [0.2, 0.25) is 0 Å². The lowest BCUT2D eigenvalue weighted by Gasteiger charge is -2.62. The number of hydrogen-bond acceptors (Lipinski definition) is 7. The van der Waals surface area contributed by atoms with E-state index in [-0.39, 0.29) is 17.8 Å². The zero-order chi connectivity index (χ0) is 25.3. The van der Waals surface area contributed by atoms with Gasteiger partial charge >= 0.3 is 0 Å². The van der Waals surface area contributed by atoms with Gasteiger partial charge in [0.25, 0.3) is 0 Å². The van der Waals surface area contributed by atoms with Crippen molar-refractivity contribution >= 4 is 16.7 Å². The van der Waals surface area contributed by atoms with Crippen LogP contribution in [0, 0.1) is 11.3 Å². The zero-order valence-corrected chi connectivity index (χ0v) is 20.8. The summed E-state index contributed by atoms with van der Waals surface area (Å²) in [5.74, 6) is 0.0193. The summed E-state index contributed by atoms with van der Waals surface area (Å²) < 4.78 is 29.4. The predicted octanol–water partition coefficient (Wildman–Crippen LogP) is 2.99. The molecule has 9 atom stereocenters. The third kappa shape index (κ3) is 2.48. The van der Waals surface area contributed by atoms with Gasteiger partial charge < -0.3 is 29.4 Å². The first kappa shape index (κ1) is 23.0. The van der Waals surface area contributed by atoms with Gasteiger partial charge in [0.15, 0.2) is 17.6 Å². The molecule has 2 spiro atoms. The maximum absolute atomic E-state index is 17.0. The maximum atomic E-state index is 17.0. The van der Waals surface area contributed by atoms with E-state index in [9.17, 15) is 15.3 Å². The lowest BCUT2D eigenvalue weighted by Crippen LogP contribution is -2.78. The number of aliphatic hydroxyl groups excluding tert-OH is 3. The Labute approximate surface area is 209 Å². The third-order valence-electron chi connectivity index (χ3n) is 10.4. The smallest absolute Gasteiger partial charge is 0.197 e. The first-order valence-electron chi connectivity index (χ1n) is 12.9. The van der Waals surface area contributed by atoms with Crippen LogP contribution in [0.25, 0.3) is 16.7 Å². The highest BCUT2D eigenvalue weighted by Gasteiger charge is 2.79. The molecule has 192 valence electrons. The molecule has 1 saturated carbocycles. The fourth-order valence-electron chi connectivity index (χ4n) is 8.55. The molecule has 2 saturated heterocycles. The minimum Gasteiger partial charge on any atom is -0.443 e. The average Bonchev–Trinajstić information content (AvgIpc) is 3.55. The molecule has 3 heterocycles. The molecule has 8 heteroatoms. The van der Waals surface area contributed by atoms with Crippen LogP contribution in [0.15, 0.2) is 46.7 Å². The van der Waals surface area contributed by atoms with E-state index >= 15 is 4.39 Å². The molecular weight excluding hydrogens is 463 g/mol. The van der Waals surface area contributed by atoms with Crippen molar-refractivity contribution in [2.45, 2.75) is 80.3 Å². The van der Waals surface area contributed by atoms with Gasteiger partial charge in [-0.3, -0.25) is 0 Å². The highest BCUT2D eigenvalue weighted by molar-refractivity contribution is 5.82. The normalized spacial score (nSPS) is 47.4. The number of nitrogens with zero attached hydrogens (tertiary/aromatic N) is 2. The SMILES string of the molecule is CN(C)[C@H]1C[C@@]23CC[C@@]4(O2)C(=CC[C@]2(C)C(c5ccc6ncoc6c5)=CCC24)C(O)C3(F)[C@@H](O)[C@@H]1O. The zero-order valence-electron chi connectivity index (χ0n) is 20.8. The molecule has 0 amide bonds. The maximum Gasteiger partial charge on any atom is 0.197 e. The van der Waals surface area contributed by atoms with E-state index in [1.54, 1.807) is 0 Å². The van der Waals surface area contributed by atoms with Gasteiger partial charge in [0, 0.05) is 17.4 Å². The summed E-state index contributed by atoms with van der Waals surface area (Å²) in [6.07, 6.45) is 3.62. The molecule has 5 aliphatic rings. The largest absolute Gasteiger partial charge is 0.443 e. The summed E-state index contributed by atoms with van der Waals surface area (Å²) in [6.45, 7) is 2.24. The molecule has 3 fully saturated rings. The summed E-state index contributed by atoms with van der Waals surface area (Å²) in [5.41, 5.74) is -0.545. The number of halogens is 1. The first-order chi connectivity index (χ1) is 17.1. The number of rotatable bonds is 2. The van der Waals surface area contributed by atoms with E-state index in [1.165, 1.54) is 12.0 Å². The molecule has 2 bridgehead atoms. The number of aliphatic hydroxyl groups is 3. The van der Waals surface area contributed by atoms with Crippen molar-refractivity contribution in [1.29, 1.82) is 0 Å². The second-order valence-corrected chi connectivity index (χ2v) is 12.0. The van der Waals surface area contributed by atoms with Crippen LogP contribution in [0.2, 0.25) is 0 Å². The highest BCUT2D eigenvalue weighted by Crippen LogP contribution is 2.70. The number of benzene rings is 1. The summed E-state index contributed by atoms with van der Waals surface area (Å²) in [5, 5.41) is 33.5. The summed E-state index contributed by atoms with van der Waals surface area (Å²) in [4.78, 5) is 6.04. The first-order valence-corrected chi connectivity index (χ1v) is 12.9. The number of likely N-dealkylation sites (N-methyl/N-ethyl adjacent to an activating group) is 1. The number of fused-ring (bicyclic) bond motifs is 2. The molecule has 3 unspecified atom stereocenters. The van der Waals surface area contributed by atoms with E-state index in [2.05, 4.69) is 24.1 Å². The monoisotopic (exact) mass is 496 g/mol. The van der Waals surface area contributed by atoms with Crippen LogP contribution in [-0.4, -0.2) is 80.5 Å². The third-order valence-corrected chi connectivity index (χ3v) is 10.4. The Morgan fingerprint density at radius 1 is 1.14 bits per heavy atom. The van der Waals surface area contributed by atoms with Crippen molar-refractivity contribution in [2.24, 2.45) is 11.3 Å². The number of aromatic nitrogens is 1. The van der Waals surface area contributed by atoms with Gasteiger partial charge in [-0.05, 0) is 75.0 Å². The second-order valence-electron chi connectivity index (χ2n) is 12.0. The van der Waals surface area contributed by atoms with E-state index in [0.717, 1.165) is 23.1 Å². The predicted molar refractivity (Wildman–Crippen MR) is 131 cm³/mol. The van der Waals surface area contributed by atoms with Crippen LogP contribution >= 0.6 is 0 Å². The molecule has 2 aromatic rings. The van der Waals surface area contributed by atoms with Crippen molar-refractivity contribution in [3.63, 3.8) is 0 Å². The van der Waals surface area contributed by atoms with E-state index in [1.807, 2.05) is 37.2 Å². The Bertz CT molecular complexity index is 1320. The van der Waals surface area contributed by atoms with Gasteiger partial charge in [0.1, 0.15) is 23.3 Å². The number of alkyl halides is 1. The Morgan fingerprint density at radius 2 is 1.94 bits per heavy atom. The highest BCUT2D eigenvalue weighted by atomic mass is 19.1. The topological polar surface area (TPSA) is 99.2 Å². The van der Waals surface area contributed by atoms with Crippen LogP contribution < -0.4 is 0 Å². The molecule has 0 radical (unpaired) electrons. The van der Waals surface area contributed by atoms with Crippen LogP contribution in [0.5, 0.6) is 0 Å². The van der Waals surface area contributed by atoms with Crippen LogP contribution in [0.1, 0.15) is 44.6 Å². The molecular formula is C28H33FN2O5. The minimum absolute atomic E-state index is 0.0193. The Balaban J connectivity index is 1.32. The number of oxazole rings is 1. The van der Waals surface area contributed by atoms with Gasteiger partial charge in [-0.25, -0.2) is 9.37 Å².